The van der Waals surface area contributed by atoms with Crippen LogP contribution in [0.25, 0.3) is 0 Å². The number of hydrogen-bond donors (Lipinski definition) is 1. The summed E-state index contributed by atoms with van der Waals surface area (Å²) in [6.07, 6.45) is 0. The van der Waals surface area contributed by atoms with E-state index in [1.807, 2.05) is 36.4 Å². The fourth-order valence-corrected chi connectivity index (χ4v) is 5.66. The normalized spacial score (nSPS) is 19.4. The number of halogens is 1. The molecule has 0 saturated carbocycles. The van der Waals surface area contributed by atoms with Crippen LogP contribution in [0, 0.1) is 3.57 Å². The van der Waals surface area contributed by atoms with E-state index in [1.54, 1.807) is 11.8 Å². The first kappa shape index (κ1) is 17.0. The molecule has 0 aromatic heterocycles. The molecule has 1 aliphatic heterocycles. The summed E-state index contributed by atoms with van der Waals surface area (Å²) in [5.41, 5.74) is 0.0160. The molecule has 0 bridgehead atoms. The maximum atomic E-state index is 12.7. The van der Waals surface area contributed by atoms with Crippen LogP contribution in [0.5, 0.6) is 0 Å². The fourth-order valence-electron chi connectivity index (χ4n) is 2.16. The molecule has 1 heterocycles. The van der Waals surface area contributed by atoms with Crippen molar-refractivity contribution in [3.05, 3.63) is 27.3 Å². The Morgan fingerprint density at radius 2 is 2.10 bits per heavy atom. The van der Waals surface area contributed by atoms with Crippen molar-refractivity contribution in [2.75, 3.05) is 18.8 Å². The van der Waals surface area contributed by atoms with E-state index in [4.69, 9.17) is 5.11 Å². The Labute approximate surface area is 142 Å². The monoisotopic (exact) mass is 441 g/mol. The maximum absolute atomic E-state index is 12.7. The van der Waals surface area contributed by atoms with Crippen LogP contribution in [0.15, 0.2) is 23.1 Å². The van der Waals surface area contributed by atoms with Gasteiger partial charge in [-0.25, -0.2) is 13.2 Å². The second-order valence-corrected chi connectivity index (χ2v) is 10.3. The second kappa shape index (κ2) is 6.05. The number of benzene rings is 1. The highest BCUT2D eigenvalue weighted by Gasteiger charge is 2.35. The third kappa shape index (κ3) is 3.72. The van der Waals surface area contributed by atoms with Gasteiger partial charge in [-0.1, -0.05) is 0 Å². The van der Waals surface area contributed by atoms with E-state index in [0.29, 0.717) is 16.7 Å². The Morgan fingerprint density at radius 3 is 2.67 bits per heavy atom. The molecule has 1 aliphatic rings. The van der Waals surface area contributed by atoms with Gasteiger partial charge in [0.25, 0.3) is 0 Å². The fraction of sp³-hybridized carbons (Fsp3) is 0.462. The van der Waals surface area contributed by atoms with Crippen molar-refractivity contribution in [3.8, 4) is 0 Å². The van der Waals surface area contributed by atoms with Crippen LogP contribution in [0.1, 0.15) is 24.2 Å². The first-order chi connectivity index (χ1) is 9.63. The Bertz CT molecular complexity index is 673. The van der Waals surface area contributed by atoms with Gasteiger partial charge in [-0.3, -0.25) is 0 Å². The average Bonchev–Trinajstić information content (AvgIpc) is 2.37. The summed E-state index contributed by atoms with van der Waals surface area (Å²) in [5.74, 6) is -0.381. The minimum Gasteiger partial charge on any atom is -0.478 e. The third-order valence-electron chi connectivity index (χ3n) is 3.20. The molecular formula is C13H16INO4S2. The minimum absolute atomic E-state index is 0.0160. The van der Waals surface area contributed by atoms with Crippen LogP contribution >= 0.6 is 34.4 Å². The van der Waals surface area contributed by atoms with Gasteiger partial charge in [0, 0.05) is 27.2 Å². The van der Waals surface area contributed by atoms with Gasteiger partial charge in [0.15, 0.2) is 0 Å². The zero-order chi connectivity index (χ0) is 15.8. The average molecular weight is 441 g/mol. The van der Waals surface area contributed by atoms with Crippen LogP contribution in [-0.4, -0.2) is 47.4 Å². The summed E-state index contributed by atoms with van der Waals surface area (Å²) in [6.45, 7) is 4.89. The number of hydrogen-bond acceptors (Lipinski definition) is 4. The quantitative estimate of drug-likeness (QED) is 0.730. The second-order valence-electron chi connectivity index (χ2n) is 5.39. The van der Waals surface area contributed by atoms with Crippen molar-refractivity contribution < 1.29 is 18.3 Å². The molecule has 1 aromatic rings. The number of aromatic carboxylic acids is 1. The standard InChI is InChI=1S/C13H16INO4S2/c1-13(2)8-15(5-6-20-13)21(18,19)9-3-4-11(14)10(7-9)12(16)17/h3-4,7H,5-6,8H2,1-2H3,(H,16,17). The Hall–Kier alpha value is -0.320. The van der Waals surface area contributed by atoms with E-state index >= 15 is 0 Å². The lowest BCUT2D eigenvalue weighted by Gasteiger charge is -2.36. The van der Waals surface area contributed by atoms with Crippen molar-refractivity contribution in [2.24, 2.45) is 0 Å². The lowest BCUT2D eigenvalue weighted by molar-refractivity contribution is 0.0695. The Balaban J connectivity index is 2.40. The first-order valence-corrected chi connectivity index (χ1v) is 9.81. The molecule has 0 spiro atoms. The number of carboxylic acids is 1. The van der Waals surface area contributed by atoms with Gasteiger partial charge in [0.05, 0.1) is 10.5 Å². The Kier molecular flexibility index (Phi) is 4.91. The van der Waals surface area contributed by atoms with Crippen LogP contribution in [0.3, 0.4) is 0 Å². The molecule has 2 rings (SSSR count). The topological polar surface area (TPSA) is 74.7 Å². The zero-order valence-electron chi connectivity index (χ0n) is 11.7. The van der Waals surface area contributed by atoms with Crippen LogP contribution in [0.4, 0.5) is 0 Å². The van der Waals surface area contributed by atoms with E-state index in [9.17, 15) is 13.2 Å². The molecule has 0 amide bonds. The maximum Gasteiger partial charge on any atom is 0.336 e. The van der Waals surface area contributed by atoms with E-state index in [0.717, 1.165) is 5.75 Å². The summed E-state index contributed by atoms with van der Waals surface area (Å²) < 4.78 is 27.2. The van der Waals surface area contributed by atoms with E-state index in [-0.39, 0.29) is 15.2 Å². The van der Waals surface area contributed by atoms with E-state index < -0.39 is 16.0 Å². The molecule has 8 heteroatoms. The minimum atomic E-state index is -3.65. The van der Waals surface area contributed by atoms with Crippen LogP contribution < -0.4 is 0 Å². The van der Waals surface area contributed by atoms with E-state index in [1.165, 1.54) is 22.5 Å². The SMILES string of the molecule is CC1(C)CN(S(=O)(=O)c2ccc(I)c(C(=O)O)c2)CCS1. The molecule has 1 saturated heterocycles. The molecule has 0 unspecified atom stereocenters. The molecule has 0 aliphatic carbocycles. The lowest BCUT2D eigenvalue weighted by atomic mass is 10.2. The molecule has 1 N–H and O–H groups in total. The highest BCUT2D eigenvalue weighted by atomic mass is 127. The molecule has 0 atom stereocenters. The largest absolute Gasteiger partial charge is 0.478 e. The van der Waals surface area contributed by atoms with Crippen molar-refractivity contribution in [1.29, 1.82) is 0 Å². The summed E-state index contributed by atoms with van der Waals surface area (Å²) in [6, 6.07) is 4.24. The summed E-state index contributed by atoms with van der Waals surface area (Å²) in [7, 11) is -3.65. The highest BCUT2D eigenvalue weighted by Crippen LogP contribution is 2.32. The number of sulfonamides is 1. The van der Waals surface area contributed by atoms with Crippen molar-refractivity contribution in [1.82, 2.24) is 4.31 Å². The van der Waals surface area contributed by atoms with Crippen molar-refractivity contribution in [3.63, 3.8) is 0 Å². The summed E-state index contributed by atoms with van der Waals surface area (Å²) in [4.78, 5) is 11.2. The van der Waals surface area contributed by atoms with Gasteiger partial charge in [0.2, 0.25) is 10.0 Å². The van der Waals surface area contributed by atoms with Crippen molar-refractivity contribution in [2.45, 2.75) is 23.5 Å². The van der Waals surface area contributed by atoms with Gasteiger partial charge in [-0.15, -0.1) is 0 Å². The lowest BCUT2D eigenvalue weighted by Crippen LogP contribution is -2.46. The molecule has 21 heavy (non-hydrogen) atoms. The van der Waals surface area contributed by atoms with Crippen molar-refractivity contribution >= 4 is 50.3 Å². The van der Waals surface area contributed by atoms with E-state index in [2.05, 4.69) is 0 Å². The summed E-state index contributed by atoms with van der Waals surface area (Å²) >= 11 is 3.63. The number of rotatable bonds is 3. The molecule has 0 radical (unpaired) electrons. The van der Waals surface area contributed by atoms with Gasteiger partial charge >= 0.3 is 5.97 Å². The first-order valence-electron chi connectivity index (χ1n) is 6.30. The predicted octanol–water partition coefficient (Wildman–Crippen LogP) is 2.51. The van der Waals surface area contributed by atoms with Gasteiger partial charge in [-0.2, -0.15) is 16.1 Å². The zero-order valence-corrected chi connectivity index (χ0v) is 15.5. The number of thioether (sulfide) groups is 1. The van der Waals surface area contributed by atoms with Crippen LogP contribution in [-0.2, 0) is 10.0 Å². The predicted molar refractivity (Wildman–Crippen MR) is 91.4 cm³/mol. The number of nitrogens with zero attached hydrogens (tertiary/aromatic N) is 1. The van der Waals surface area contributed by atoms with Gasteiger partial charge in [-0.05, 0) is 54.6 Å². The smallest absolute Gasteiger partial charge is 0.336 e. The molecular weight excluding hydrogens is 425 g/mol. The highest BCUT2D eigenvalue weighted by molar-refractivity contribution is 14.1. The summed E-state index contributed by atoms with van der Waals surface area (Å²) in [5, 5.41) is 9.13. The van der Waals surface area contributed by atoms with Crippen LogP contribution in [0.2, 0.25) is 0 Å². The molecule has 116 valence electrons. The molecule has 5 nitrogen and oxygen atoms in total. The third-order valence-corrected chi connectivity index (χ3v) is 7.28. The van der Waals surface area contributed by atoms with Gasteiger partial charge < -0.3 is 5.11 Å². The molecule has 1 fully saturated rings. The molecule has 1 aromatic carbocycles. The number of carboxylic acid groups (broad SMARTS) is 1. The number of carbonyl (C=O) groups is 1. The van der Waals surface area contributed by atoms with Gasteiger partial charge in [0.1, 0.15) is 0 Å². The Morgan fingerprint density at radius 1 is 1.43 bits per heavy atom.